The van der Waals surface area contributed by atoms with Crippen molar-refractivity contribution in [1.29, 1.82) is 0 Å². The minimum atomic E-state index is -0.858. The molecule has 2 heterocycles. The predicted molar refractivity (Wildman–Crippen MR) is 123 cm³/mol. The van der Waals surface area contributed by atoms with Crippen LogP contribution in [0, 0.1) is 6.92 Å². The maximum atomic E-state index is 13.1. The number of aryl methyl sites for hydroxylation is 1. The van der Waals surface area contributed by atoms with Crippen molar-refractivity contribution in [1.82, 2.24) is 0 Å². The van der Waals surface area contributed by atoms with Crippen LogP contribution in [-0.2, 0) is 9.59 Å². The molecule has 1 amide bonds. The highest BCUT2D eigenvalue weighted by Gasteiger charge is 2.48. The van der Waals surface area contributed by atoms with Crippen molar-refractivity contribution in [3.63, 3.8) is 0 Å². The van der Waals surface area contributed by atoms with Crippen molar-refractivity contribution in [2.24, 2.45) is 0 Å². The Hall–Kier alpha value is -3.12. The van der Waals surface area contributed by atoms with Gasteiger partial charge in [-0.3, -0.25) is 14.5 Å². The lowest BCUT2D eigenvalue weighted by atomic mass is 9.98. The summed E-state index contributed by atoms with van der Waals surface area (Å²) in [5, 5.41) is 11.1. The second kappa shape index (κ2) is 8.19. The summed E-state index contributed by atoms with van der Waals surface area (Å²) in [6.45, 7) is 6.06. The van der Waals surface area contributed by atoms with Crippen LogP contribution in [0.4, 0.5) is 5.69 Å². The van der Waals surface area contributed by atoms with Crippen molar-refractivity contribution >= 4 is 39.1 Å². The number of carbonyl (C=O) groups is 2. The largest absolute Gasteiger partial charge is 0.507 e. The first-order valence-corrected chi connectivity index (χ1v) is 10.8. The van der Waals surface area contributed by atoms with Crippen molar-refractivity contribution in [2.45, 2.75) is 32.7 Å². The summed E-state index contributed by atoms with van der Waals surface area (Å²) in [6.07, 6.45) is 1.49. The number of anilines is 1. The van der Waals surface area contributed by atoms with E-state index in [2.05, 4.69) is 29.8 Å². The molecule has 0 radical (unpaired) electrons. The number of aliphatic hydroxyl groups is 1. The van der Waals surface area contributed by atoms with Crippen LogP contribution in [0.25, 0.3) is 5.76 Å². The maximum Gasteiger partial charge on any atom is 0.300 e. The second-order valence-electron chi connectivity index (χ2n) is 7.89. The molecule has 1 unspecified atom stereocenters. The SMILES string of the molecule is Cc1cc(/C(O)=C2/C(=O)C(=O)N(c3ccc(C(C)C)cc3)C2c2ccco2)ccc1Br. The normalized spacial score (nSPS) is 18.2. The Kier molecular flexibility index (Phi) is 5.58. The van der Waals surface area contributed by atoms with Crippen molar-refractivity contribution in [3.8, 4) is 0 Å². The lowest BCUT2D eigenvalue weighted by Crippen LogP contribution is -2.29. The molecule has 1 aromatic heterocycles. The number of nitrogens with zero attached hydrogens (tertiary/aromatic N) is 1. The molecule has 1 N–H and O–H groups in total. The first-order chi connectivity index (χ1) is 14.8. The smallest absolute Gasteiger partial charge is 0.300 e. The van der Waals surface area contributed by atoms with E-state index in [1.54, 1.807) is 30.3 Å². The minimum absolute atomic E-state index is 0.00890. The van der Waals surface area contributed by atoms with Crippen LogP contribution in [0.3, 0.4) is 0 Å². The molecule has 1 atom stereocenters. The summed E-state index contributed by atoms with van der Waals surface area (Å²) in [4.78, 5) is 27.5. The number of hydrogen-bond acceptors (Lipinski definition) is 4. The third-order valence-electron chi connectivity index (χ3n) is 5.53. The standard InChI is InChI=1S/C25H22BrNO4/c1-14(2)16-6-9-18(10-7-16)27-22(20-5-4-12-31-20)21(24(29)25(27)30)23(28)17-8-11-19(26)15(3)13-17/h4-14,22,28H,1-3H3/b23-21-. The molecular weight excluding hydrogens is 458 g/mol. The molecule has 1 aliphatic rings. The average molecular weight is 480 g/mol. The Morgan fingerprint density at radius 3 is 2.39 bits per heavy atom. The van der Waals surface area contributed by atoms with Crippen molar-refractivity contribution < 1.29 is 19.1 Å². The number of rotatable bonds is 4. The molecule has 4 rings (SSSR count). The third-order valence-corrected chi connectivity index (χ3v) is 6.42. The van der Waals surface area contributed by atoms with Crippen LogP contribution in [0.5, 0.6) is 0 Å². The van der Waals surface area contributed by atoms with Crippen LogP contribution in [0.2, 0.25) is 0 Å². The van der Waals surface area contributed by atoms with Gasteiger partial charge in [0, 0.05) is 15.7 Å². The zero-order valence-electron chi connectivity index (χ0n) is 17.4. The predicted octanol–water partition coefficient (Wildman–Crippen LogP) is 6.10. The number of aliphatic hydroxyl groups excluding tert-OH is 1. The topological polar surface area (TPSA) is 70.8 Å². The number of benzene rings is 2. The van der Waals surface area contributed by atoms with Gasteiger partial charge in [-0.25, -0.2) is 0 Å². The van der Waals surface area contributed by atoms with Gasteiger partial charge in [0.2, 0.25) is 0 Å². The maximum absolute atomic E-state index is 13.1. The van der Waals surface area contributed by atoms with E-state index in [-0.39, 0.29) is 11.3 Å². The molecule has 1 saturated heterocycles. The summed E-state index contributed by atoms with van der Waals surface area (Å²) in [7, 11) is 0. The number of halogens is 1. The van der Waals surface area contributed by atoms with E-state index < -0.39 is 17.7 Å². The van der Waals surface area contributed by atoms with Gasteiger partial charge in [-0.2, -0.15) is 0 Å². The van der Waals surface area contributed by atoms with E-state index in [1.807, 2.05) is 31.2 Å². The van der Waals surface area contributed by atoms with E-state index >= 15 is 0 Å². The van der Waals surface area contributed by atoms with Gasteiger partial charge in [-0.05, 0) is 60.4 Å². The van der Waals surface area contributed by atoms with Gasteiger partial charge in [0.1, 0.15) is 17.6 Å². The fourth-order valence-electron chi connectivity index (χ4n) is 3.78. The van der Waals surface area contributed by atoms with E-state index in [0.29, 0.717) is 22.9 Å². The molecule has 5 nitrogen and oxygen atoms in total. The summed E-state index contributed by atoms with van der Waals surface area (Å²) in [6, 6.07) is 15.3. The van der Waals surface area contributed by atoms with Crippen LogP contribution in [0.15, 0.2) is 75.3 Å². The van der Waals surface area contributed by atoms with Gasteiger partial charge >= 0.3 is 0 Å². The molecule has 31 heavy (non-hydrogen) atoms. The molecule has 158 valence electrons. The summed E-state index contributed by atoms with van der Waals surface area (Å²) >= 11 is 3.44. The molecule has 0 saturated carbocycles. The Balaban J connectivity index is 1.88. The monoisotopic (exact) mass is 479 g/mol. The van der Waals surface area contributed by atoms with Gasteiger partial charge in [-0.15, -0.1) is 0 Å². The summed E-state index contributed by atoms with van der Waals surface area (Å²) in [5.41, 5.74) is 3.07. The fourth-order valence-corrected chi connectivity index (χ4v) is 4.03. The van der Waals surface area contributed by atoms with Crippen molar-refractivity contribution in [2.75, 3.05) is 4.90 Å². The summed E-state index contributed by atoms with van der Waals surface area (Å²) < 4.78 is 6.47. The zero-order chi connectivity index (χ0) is 22.3. The molecule has 2 aromatic carbocycles. The van der Waals surface area contributed by atoms with E-state index in [4.69, 9.17) is 4.42 Å². The average Bonchev–Trinajstić information content (AvgIpc) is 3.37. The molecule has 3 aromatic rings. The number of furan rings is 1. The number of hydrogen-bond donors (Lipinski definition) is 1. The molecule has 6 heteroatoms. The molecule has 0 spiro atoms. The van der Waals surface area contributed by atoms with Gasteiger partial charge in [0.15, 0.2) is 0 Å². The molecule has 1 aliphatic heterocycles. The highest BCUT2D eigenvalue weighted by atomic mass is 79.9. The van der Waals surface area contributed by atoms with Gasteiger partial charge in [-0.1, -0.05) is 48.0 Å². The first-order valence-electron chi connectivity index (χ1n) is 10.0. The Morgan fingerprint density at radius 2 is 1.81 bits per heavy atom. The first kappa shape index (κ1) is 21.1. The lowest BCUT2D eigenvalue weighted by molar-refractivity contribution is -0.132. The third kappa shape index (κ3) is 3.72. The van der Waals surface area contributed by atoms with E-state index in [0.717, 1.165) is 15.6 Å². The molecule has 0 aliphatic carbocycles. The number of amides is 1. The van der Waals surface area contributed by atoms with Gasteiger partial charge < -0.3 is 9.52 Å². The van der Waals surface area contributed by atoms with Crippen molar-refractivity contribution in [3.05, 3.63) is 93.4 Å². The van der Waals surface area contributed by atoms with E-state index in [1.165, 1.54) is 11.2 Å². The molecular formula is C25H22BrNO4. The Bertz CT molecular complexity index is 1180. The number of carbonyl (C=O) groups excluding carboxylic acids is 2. The number of Topliss-reactive ketones (excluding diaryl/α,β-unsaturated/α-hetero) is 1. The number of ketones is 1. The molecule has 1 fully saturated rings. The summed E-state index contributed by atoms with van der Waals surface area (Å²) in [5.74, 6) is -0.924. The van der Waals surface area contributed by atoms with Crippen LogP contribution in [0.1, 0.15) is 48.3 Å². The second-order valence-corrected chi connectivity index (χ2v) is 8.75. The molecule has 0 bridgehead atoms. The van der Waals surface area contributed by atoms with Crippen LogP contribution >= 0.6 is 15.9 Å². The highest BCUT2D eigenvalue weighted by molar-refractivity contribution is 9.10. The van der Waals surface area contributed by atoms with Gasteiger partial charge in [0.25, 0.3) is 11.7 Å². The van der Waals surface area contributed by atoms with Gasteiger partial charge in [0.05, 0.1) is 11.8 Å². The quantitative estimate of drug-likeness (QED) is 0.278. The van der Waals surface area contributed by atoms with Crippen LogP contribution < -0.4 is 4.90 Å². The lowest BCUT2D eigenvalue weighted by Gasteiger charge is -2.23. The van der Waals surface area contributed by atoms with Crippen LogP contribution in [-0.4, -0.2) is 16.8 Å². The highest BCUT2D eigenvalue weighted by Crippen LogP contribution is 2.42. The Morgan fingerprint density at radius 1 is 1.10 bits per heavy atom. The Labute approximate surface area is 189 Å². The fraction of sp³-hybridized carbons (Fsp3) is 0.200. The zero-order valence-corrected chi connectivity index (χ0v) is 19.0. The van der Waals surface area contributed by atoms with E-state index in [9.17, 15) is 14.7 Å². The minimum Gasteiger partial charge on any atom is -0.507 e.